The van der Waals surface area contributed by atoms with Crippen LogP contribution < -0.4 is 16.1 Å². The molecule has 0 heterocycles. The van der Waals surface area contributed by atoms with Gasteiger partial charge in [-0.2, -0.15) is 5.10 Å². The topological polar surface area (TPSA) is 53.6 Å². The van der Waals surface area contributed by atoms with Gasteiger partial charge in [0, 0.05) is 24.5 Å². The van der Waals surface area contributed by atoms with E-state index in [9.17, 15) is 0 Å². The summed E-state index contributed by atoms with van der Waals surface area (Å²) in [4.78, 5) is 3.00. The summed E-state index contributed by atoms with van der Waals surface area (Å²) in [6.45, 7) is 14.5. The van der Waals surface area contributed by atoms with Gasteiger partial charge in [0.15, 0.2) is 0 Å². The first-order chi connectivity index (χ1) is 13.3. The smallest absolute Gasteiger partial charge is 0.0930 e. The lowest BCUT2D eigenvalue weighted by Crippen LogP contribution is -2.21. The summed E-state index contributed by atoms with van der Waals surface area (Å²) in [6, 6.07) is 14.6. The normalized spacial score (nSPS) is 10.7. The molecule has 0 aromatic heterocycles. The fourth-order valence-corrected chi connectivity index (χ4v) is 2.75. The van der Waals surface area contributed by atoms with Crippen LogP contribution >= 0.6 is 12.2 Å². The molecule has 152 valence electrons. The summed E-state index contributed by atoms with van der Waals surface area (Å²) in [5, 5.41) is 4.18. The maximum atomic E-state index is 5.85. The van der Waals surface area contributed by atoms with Gasteiger partial charge in [0.05, 0.1) is 10.7 Å². The molecule has 0 radical (unpaired) electrons. The number of hydrogen-bond acceptors (Lipinski definition) is 4. The number of nitrogen functional groups attached to an aromatic ring is 1. The zero-order valence-electron chi connectivity index (χ0n) is 18.0. The van der Waals surface area contributed by atoms with Gasteiger partial charge in [-0.15, -0.1) is 0 Å². The van der Waals surface area contributed by atoms with Crippen molar-refractivity contribution in [3.05, 3.63) is 59.2 Å². The van der Waals surface area contributed by atoms with Gasteiger partial charge in [-0.3, -0.25) is 5.43 Å². The first-order valence-corrected chi connectivity index (χ1v) is 10.2. The third kappa shape index (κ3) is 7.69. The SMILES string of the molecule is CCN(CC)c1ccc(C)cc1.CCc1cc(/C(C)=N/NC(C)=S)ccc1N. The lowest BCUT2D eigenvalue weighted by Gasteiger charge is -2.20. The summed E-state index contributed by atoms with van der Waals surface area (Å²) in [6.07, 6.45) is 0.923. The van der Waals surface area contributed by atoms with E-state index in [0.717, 1.165) is 42.0 Å². The Labute approximate surface area is 175 Å². The number of nitrogens with two attached hydrogens (primary N) is 1. The Morgan fingerprint density at radius 1 is 1.04 bits per heavy atom. The number of anilines is 2. The molecule has 5 heteroatoms. The molecule has 3 N–H and O–H groups in total. The third-order valence-corrected chi connectivity index (χ3v) is 4.58. The van der Waals surface area contributed by atoms with Gasteiger partial charge in [0.25, 0.3) is 0 Å². The van der Waals surface area contributed by atoms with Gasteiger partial charge in [-0.25, -0.2) is 0 Å². The molecule has 2 aromatic rings. The molecule has 0 unspecified atom stereocenters. The highest BCUT2D eigenvalue weighted by Crippen LogP contribution is 2.15. The highest BCUT2D eigenvalue weighted by Gasteiger charge is 2.02. The molecule has 0 saturated carbocycles. The minimum absolute atomic E-state index is 0.658. The number of hydrazone groups is 1. The van der Waals surface area contributed by atoms with Crippen LogP contribution in [0.1, 0.15) is 51.3 Å². The number of hydrogen-bond donors (Lipinski definition) is 2. The Kier molecular flexibility index (Phi) is 10.2. The zero-order chi connectivity index (χ0) is 21.1. The lowest BCUT2D eigenvalue weighted by molar-refractivity contribution is 0.866. The predicted octanol–water partition coefficient (Wildman–Crippen LogP) is 5.33. The number of rotatable bonds is 6. The van der Waals surface area contributed by atoms with E-state index in [4.69, 9.17) is 18.0 Å². The molecular weight excluding hydrogens is 364 g/mol. The largest absolute Gasteiger partial charge is 0.399 e. The average molecular weight is 399 g/mol. The molecule has 0 aliphatic heterocycles. The zero-order valence-corrected chi connectivity index (χ0v) is 18.9. The quantitative estimate of drug-likeness (QED) is 0.299. The number of thiocarbonyl (C=S) groups is 1. The van der Waals surface area contributed by atoms with Crippen molar-refractivity contribution in [1.29, 1.82) is 0 Å². The average Bonchev–Trinajstić information content (AvgIpc) is 2.69. The fraction of sp³-hybridized carbons (Fsp3) is 0.391. The Balaban J connectivity index is 0.000000292. The van der Waals surface area contributed by atoms with E-state index in [1.807, 2.05) is 19.1 Å². The second kappa shape index (κ2) is 12.1. The van der Waals surface area contributed by atoms with Crippen LogP contribution in [0.15, 0.2) is 47.6 Å². The van der Waals surface area contributed by atoms with Crippen LogP contribution in [-0.4, -0.2) is 23.8 Å². The van der Waals surface area contributed by atoms with Crippen LogP contribution in [0.2, 0.25) is 0 Å². The first-order valence-electron chi connectivity index (χ1n) is 9.83. The Morgan fingerprint density at radius 3 is 2.14 bits per heavy atom. The molecule has 2 aromatic carbocycles. The van der Waals surface area contributed by atoms with E-state index in [1.165, 1.54) is 11.3 Å². The molecule has 28 heavy (non-hydrogen) atoms. The van der Waals surface area contributed by atoms with Crippen molar-refractivity contribution in [2.45, 2.75) is 48.0 Å². The maximum Gasteiger partial charge on any atom is 0.0930 e. The number of nitrogens with zero attached hydrogens (tertiary/aromatic N) is 2. The van der Waals surface area contributed by atoms with Crippen LogP contribution in [0.4, 0.5) is 11.4 Å². The maximum absolute atomic E-state index is 5.85. The summed E-state index contributed by atoms with van der Waals surface area (Å²) in [7, 11) is 0. The van der Waals surface area contributed by atoms with Crippen LogP contribution in [-0.2, 0) is 6.42 Å². The molecule has 4 nitrogen and oxygen atoms in total. The lowest BCUT2D eigenvalue weighted by atomic mass is 10.0. The van der Waals surface area contributed by atoms with Gasteiger partial charge < -0.3 is 10.6 Å². The second-order valence-electron chi connectivity index (χ2n) is 6.64. The van der Waals surface area contributed by atoms with E-state index in [1.54, 1.807) is 6.92 Å². The minimum Gasteiger partial charge on any atom is -0.399 e. The highest BCUT2D eigenvalue weighted by atomic mass is 32.1. The highest BCUT2D eigenvalue weighted by molar-refractivity contribution is 7.80. The van der Waals surface area contributed by atoms with Crippen LogP contribution in [0.3, 0.4) is 0 Å². The van der Waals surface area contributed by atoms with Gasteiger partial charge in [0.1, 0.15) is 0 Å². The molecule has 0 fully saturated rings. The fourth-order valence-electron chi connectivity index (χ4n) is 2.71. The molecule has 0 amide bonds. The van der Waals surface area contributed by atoms with Crippen LogP contribution in [0.5, 0.6) is 0 Å². The van der Waals surface area contributed by atoms with Gasteiger partial charge in [-0.05, 0) is 76.4 Å². The van der Waals surface area contributed by atoms with Crippen LogP contribution in [0.25, 0.3) is 0 Å². The van der Waals surface area contributed by atoms with Crippen molar-refractivity contribution in [2.75, 3.05) is 23.7 Å². The Bertz CT molecular complexity index is 778. The van der Waals surface area contributed by atoms with E-state index >= 15 is 0 Å². The Hall–Kier alpha value is -2.40. The predicted molar refractivity (Wildman–Crippen MR) is 129 cm³/mol. The van der Waals surface area contributed by atoms with Crippen molar-refractivity contribution in [2.24, 2.45) is 5.10 Å². The van der Waals surface area contributed by atoms with E-state index < -0.39 is 0 Å². The van der Waals surface area contributed by atoms with Crippen molar-refractivity contribution in [1.82, 2.24) is 5.43 Å². The van der Waals surface area contributed by atoms with Crippen molar-refractivity contribution in [3.8, 4) is 0 Å². The second-order valence-corrected chi connectivity index (χ2v) is 7.25. The van der Waals surface area contributed by atoms with Gasteiger partial charge >= 0.3 is 0 Å². The molecule has 0 spiro atoms. The van der Waals surface area contributed by atoms with E-state index in [0.29, 0.717) is 4.99 Å². The molecular formula is C23H34N4S. The molecule has 0 saturated heterocycles. The first kappa shape index (κ1) is 23.6. The van der Waals surface area contributed by atoms with Crippen molar-refractivity contribution in [3.63, 3.8) is 0 Å². The molecule has 0 aliphatic rings. The van der Waals surface area contributed by atoms with E-state index in [2.05, 4.69) is 73.5 Å². The number of aryl methyl sites for hydroxylation is 2. The Morgan fingerprint density at radius 2 is 1.64 bits per heavy atom. The van der Waals surface area contributed by atoms with E-state index in [-0.39, 0.29) is 0 Å². The number of benzene rings is 2. The number of nitrogens with one attached hydrogen (secondary N) is 1. The van der Waals surface area contributed by atoms with Crippen LogP contribution in [0, 0.1) is 6.92 Å². The van der Waals surface area contributed by atoms with Gasteiger partial charge in [0.2, 0.25) is 0 Å². The van der Waals surface area contributed by atoms with Crippen molar-refractivity contribution < 1.29 is 0 Å². The molecule has 0 bridgehead atoms. The van der Waals surface area contributed by atoms with Crippen molar-refractivity contribution >= 4 is 34.3 Å². The monoisotopic (exact) mass is 398 g/mol. The molecule has 0 aliphatic carbocycles. The summed E-state index contributed by atoms with van der Waals surface area (Å²) < 4.78 is 0. The third-order valence-electron chi connectivity index (χ3n) is 4.49. The molecule has 2 rings (SSSR count). The standard InChI is InChI=1S/C12H17N3S.C11H17N/c1-4-10-7-11(5-6-12(10)13)8(2)14-15-9(3)16;1-4-12(5-2)11-8-6-10(3)7-9-11/h5-7H,4,13H2,1-3H3,(H,15,16);6-9H,4-5H2,1-3H3/b14-8+;. The van der Waals surface area contributed by atoms with Gasteiger partial charge in [-0.1, -0.05) is 42.9 Å². The summed E-state index contributed by atoms with van der Waals surface area (Å²) in [5.41, 5.74) is 15.2. The molecule has 0 atom stereocenters. The summed E-state index contributed by atoms with van der Waals surface area (Å²) >= 11 is 4.90. The minimum atomic E-state index is 0.658. The summed E-state index contributed by atoms with van der Waals surface area (Å²) in [5.74, 6) is 0.